The summed E-state index contributed by atoms with van der Waals surface area (Å²) in [5.74, 6) is 0.966. The van der Waals surface area contributed by atoms with Gasteiger partial charge in [-0.1, -0.05) is 35.5 Å². The molecule has 2 aromatic heterocycles. The fraction of sp³-hybridized carbons (Fsp3) is 0.217. The number of benzene rings is 2. The lowest BCUT2D eigenvalue weighted by Crippen LogP contribution is -2.27. The molecule has 2 heterocycles. The zero-order chi connectivity index (χ0) is 20.9. The van der Waals surface area contributed by atoms with Crippen molar-refractivity contribution in [3.8, 4) is 11.1 Å². The van der Waals surface area contributed by atoms with E-state index in [4.69, 9.17) is 4.52 Å². The third-order valence-electron chi connectivity index (χ3n) is 5.65. The van der Waals surface area contributed by atoms with Gasteiger partial charge in [0.15, 0.2) is 0 Å². The van der Waals surface area contributed by atoms with E-state index >= 15 is 0 Å². The molecule has 4 aromatic rings. The minimum Gasteiger partial charge on any atom is -0.361 e. The predicted octanol–water partition coefficient (Wildman–Crippen LogP) is 4.34. The normalized spacial score (nSPS) is 18.6. The summed E-state index contributed by atoms with van der Waals surface area (Å²) in [6.07, 6.45) is 2.45. The van der Waals surface area contributed by atoms with Crippen LogP contribution in [-0.2, 0) is 10.0 Å². The van der Waals surface area contributed by atoms with E-state index in [9.17, 15) is 8.42 Å². The molecule has 0 saturated heterocycles. The number of rotatable bonds is 5. The molecule has 0 aliphatic heterocycles. The fourth-order valence-corrected chi connectivity index (χ4v) is 5.56. The first-order chi connectivity index (χ1) is 14.4. The van der Waals surface area contributed by atoms with Crippen molar-refractivity contribution in [2.75, 3.05) is 0 Å². The Morgan fingerprint density at radius 1 is 1.03 bits per heavy atom. The highest BCUT2D eigenvalue weighted by molar-refractivity contribution is 7.89. The molecular weight excluding hydrogens is 398 g/mol. The maximum absolute atomic E-state index is 13.0. The van der Waals surface area contributed by atoms with Crippen LogP contribution in [0, 0.1) is 13.8 Å². The van der Waals surface area contributed by atoms with Gasteiger partial charge in [-0.25, -0.2) is 13.1 Å². The Bertz CT molecular complexity index is 1320. The van der Waals surface area contributed by atoms with Crippen molar-refractivity contribution >= 4 is 20.9 Å². The van der Waals surface area contributed by atoms with Crippen LogP contribution in [0.1, 0.15) is 29.4 Å². The summed E-state index contributed by atoms with van der Waals surface area (Å²) in [7, 11) is -3.63. The van der Waals surface area contributed by atoms with Crippen LogP contribution in [0.4, 0.5) is 0 Å². The Hall–Kier alpha value is -3.03. The molecule has 2 atom stereocenters. The maximum atomic E-state index is 13.0. The second-order valence-electron chi connectivity index (χ2n) is 7.72. The van der Waals surface area contributed by atoms with Crippen LogP contribution >= 0.6 is 0 Å². The molecule has 30 heavy (non-hydrogen) atoms. The van der Waals surface area contributed by atoms with Crippen molar-refractivity contribution in [3.63, 3.8) is 0 Å². The summed E-state index contributed by atoms with van der Waals surface area (Å²) in [6, 6.07) is 16.8. The van der Waals surface area contributed by atoms with Gasteiger partial charge >= 0.3 is 0 Å². The van der Waals surface area contributed by atoms with Gasteiger partial charge in [0.05, 0.1) is 16.1 Å². The summed E-state index contributed by atoms with van der Waals surface area (Å²) >= 11 is 0. The van der Waals surface area contributed by atoms with Crippen LogP contribution in [0.2, 0.25) is 0 Å². The molecule has 0 amide bonds. The van der Waals surface area contributed by atoms with E-state index in [0.29, 0.717) is 10.9 Å². The Labute approximate surface area is 175 Å². The smallest absolute Gasteiger partial charge is 0.241 e. The van der Waals surface area contributed by atoms with Crippen molar-refractivity contribution in [1.82, 2.24) is 14.9 Å². The van der Waals surface area contributed by atoms with Crippen molar-refractivity contribution < 1.29 is 12.9 Å². The Morgan fingerprint density at radius 3 is 2.57 bits per heavy atom. The largest absolute Gasteiger partial charge is 0.361 e. The number of pyridine rings is 1. The minimum absolute atomic E-state index is 0.105. The molecule has 1 fully saturated rings. The predicted molar refractivity (Wildman–Crippen MR) is 115 cm³/mol. The molecule has 152 valence electrons. The van der Waals surface area contributed by atoms with Gasteiger partial charge in [-0.3, -0.25) is 4.98 Å². The van der Waals surface area contributed by atoms with Gasteiger partial charge < -0.3 is 4.52 Å². The average molecular weight is 420 g/mol. The average Bonchev–Trinajstić information content (AvgIpc) is 3.42. The molecule has 1 N–H and O–H groups in total. The summed E-state index contributed by atoms with van der Waals surface area (Å²) in [5, 5.41) is 4.64. The minimum atomic E-state index is -3.63. The first-order valence-corrected chi connectivity index (χ1v) is 11.3. The molecule has 1 aliphatic rings. The number of hydrogen-bond acceptors (Lipinski definition) is 5. The highest BCUT2D eigenvalue weighted by Crippen LogP contribution is 2.42. The summed E-state index contributed by atoms with van der Waals surface area (Å²) in [5.41, 5.74) is 4.72. The number of aryl methyl sites for hydroxylation is 2. The molecule has 0 radical (unpaired) electrons. The van der Waals surface area contributed by atoms with Crippen LogP contribution in [0.3, 0.4) is 0 Å². The van der Waals surface area contributed by atoms with Crippen LogP contribution < -0.4 is 4.72 Å². The first-order valence-electron chi connectivity index (χ1n) is 9.83. The standard InChI is InChI=1S/C23H21N3O3S/c1-14-23(15(2)29-25-14)17-10-8-16(9-11-17)19-13-21(19)26-30(27,28)22-7-3-6-20-18(22)5-4-12-24-20/h3-12,19,21,26H,13H2,1-2H3/t19-,21+/m0/s1. The van der Waals surface area contributed by atoms with Gasteiger partial charge in [0.2, 0.25) is 10.0 Å². The molecule has 1 aliphatic carbocycles. The molecule has 2 aromatic carbocycles. The van der Waals surface area contributed by atoms with Crippen molar-refractivity contribution in [2.24, 2.45) is 0 Å². The second-order valence-corrected chi connectivity index (χ2v) is 9.40. The van der Waals surface area contributed by atoms with Crippen molar-refractivity contribution in [3.05, 3.63) is 77.8 Å². The number of aromatic nitrogens is 2. The zero-order valence-electron chi connectivity index (χ0n) is 16.7. The summed E-state index contributed by atoms with van der Waals surface area (Å²) in [6.45, 7) is 3.83. The van der Waals surface area contributed by atoms with Gasteiger partial charge in [0.25, 0.3) is 0 Å². The first kappa shape index (κ1) is 19.0. The number of nitrogens with one attached hydrogen (secondary N) is 1. The second kappa shape index (κ2) is 7.04. The van der Waals surface area contributed by atoms with Crippen molar-refractivity contribution in [2.45, 2.75) is 37.1 Å². The van der Waals surface area contributed by atoms with E-state index in [1.165, 1.54) is 0 Å². The highest BCUT2D eigenvalue weighted by Gasteiger charge is 2.41. The molecule has 5 rings (SSSR count). The zero-order valence-corrected chi connectivity index (χ0v) is 17.5. The van der Waals surface area contributed by atoms with E-state index in [1.54, 1.807) is 30.5 Å². The van der Waals surface area contributed by atoms with E-state index < -0.39 is 10.0 Å². The van der Waals surface area contributed by atoms with Crippen LogP contribution in [-0.4, -0.2) is 24.6 Å². The quantitative estimate of drug-likeness (QED) is 0.520. The Balaban J connectivity index is 1.35. The van der Waals surface area contributed by atoms with Crippen LogP contribution in [0.15, 0.2) is 70.2 Å². The van der Waals surface area contributed by atoms with Gasteiger partial charge in [0.1, 0.15) is 5.76 Å². The summed E-state index contributed by atoms with van der Waals surface area (Å²) in [4.78, 5) is 4.52. The van der Waals surface area contributed by atoms with Gasteiger partial charge in [-0.15, -0.1) is 0 Å². The van der Waals surface area contributed by atoms with Crippen LogP contribution in [0.5, 0.6) is 0 Å². The summed E-state index contributed by atoms with van der Waals surface area (Å²) < 4.78 is 34.1. The number of fused-ring (bicyclic) bond motifs is 1. The molecule has 0 unspecified atom stereocenters. The van der Waals surface area contributed by atoms with E-state index in [1.807, 2.05) is 32.0 Å². The lowest BCUT2D eigenvalue weighted by Gasteiger charge is -2.09. The van der Waals surface area contributed by atoms with E-state index in [0.717, 1.165) is 34.6 Å². The van der Waals surface area contributed by atoms with Crippen LogP contribution in [0.25, 0.3) is 22.0 Å². The van der Waals surface area contributed by atoms with E-state index in [2.05, 4.69) is 27.0 Å². The fourth-order valence-electron chi connectivity index (χ4n) is 4.06. The molecule has 0 spiro atoms. The third-order valence-corrected chi connectivity index (χ3v) is 7.20. The molecule has 1 saturated carbocycles. The third kappa shape index (κ3) is 3.30. The monoisotopic (exact) mass is 419 g/mol. The van der Waals surface area contributed by atoms with Gasteiger partial charge in [-0.2, -0.15) is 0 Å². The van der Waals surface area contributed by atoms with Gasteiger partial charge in [-0.05, 0) is 55.7 Å². The highest BCUT2D eigenvalue weighted by atomic mass is 32.2. The number of sulfonamides is 1. The molecule has 0 bridgehead atoms. The van der Waals surface area contributed by atoms with Crippen molar-refractivity contribution in [1.29, 1.82) is 0 Å². The lowest BCUT2D eigenvalue weighted by molar-refractivity contribution is 0.393. The van der Waals surface area contributed by atoms with Gasteiger partial charge in [0, 0.05) is 29.1 Å². The topological polar surface area (TPSA) is 85.1 Å². The molecular formula is C23H21N3O3S. The van der Waals surface area contributed by atoms with E-state index in [-0.39, 0.29) is 16.9 Å². The molecule has 6 nitrogen and oxygen atoms in total. The lowest BCUT2D eigenvalue weighted by atomic mass is 10.0. The number of nitrogens with zero attached hydrogens (tertiary/aromatic N) is 2. The Morgan fingerprint density at radius 2 is 1.83 bits per heavy atom. The maximum Gasteiger partial charge on any atom is 0.241 e. The SMILES string of the molecule is Cc1noc(C)c1-c1ccc([C@@H]2C[C@H]2NS(=O)(=O)c2cccc3ncccc23)cc1. The Kier molecular flexibility index (Phi) is 4.45. The number of hydrogen-bond donors (Lipinski definition) is 1. The molecule has 7 heteroatoms.